The zero-order valence-electron chi connectivity index (χ0n) is 16.8. The first-order chi connectivity index (χ1) is 12.3. The third-order valence-electron chi connectivity index (χ3n) is 4.30. The number of aryl methyl sites for hydroxylation is 2. The van der Waals surface area contributed by atoms with Crippen molar-refractivity contribution in [2.24, 2.45) is 10.4 Å². The molecule has 1 amide bonds. The van der Waals surface area contributed by atoms with Gasteiger partial charge >= 0.3 is 0 Å². The van der Waals surface area contributed by atoms with E-state index in [4.69, 9.17) is 4.98 Å². The van der Waals surface area contributed by atoms with Crippen LogP contribution in [0.4, 0.5) is 0 Å². The van der Waals surface area contributed by atoms with Crippen LogP contribution >= 0.6 is 11.3 Å². The minimum atomic E-state index is -0.366. The van der Waals surface area contributed by atoms with E-state index in [-0.39, 0.29) is 11.3 Å². The molecule has 0 fully saturated rings. The van der Waals surface area contributed by atoms with Gasteiger partial charge in [0, 0.05) is 30.4 Å². The number of hydrogen-bond donors (Lipinski definition) is 2. The standard InChI is InChI=1S/C19H33N5OS/c1-6-20-18(22-12-11-21-17(25)19(2,3)4)24(5)13-16-23-14-9-7-8-10-15(14)26-16/h6-13H2,1-5H3,(H,20,22)(H,21,25). The summed E-state index contributed by atoms with van der Waals surface area (Å²) >= 11 is 1.84. The number of nitrogens with zero attached hydrogens (tertiary/aromatic N) is 3. The fraction of sp³-hybridized carbons (Fsp3) is 0.737. The highest BCUT2D eigenvalue weighted by molar-refractivity contribution is 7.11. The van der Waals surface area contributed by atoms with Gasteiger partial charge in [0.1, 0.15) is 5.01 Å². The number of thiazole rings is 1. The summed E-state index contributed by atoms with van der Waals surface area (Å²) in [6, 6.07) is 0. The summed E-state index contributed by atoms with van der Waals surface area (Å²) < 4.78 is 0. The molecule has 26 heavy (non-hydrogen) atoms. The Balaban J connectivity index is 1.90. The molecule has 6 nitrogen and oxygen atoms in total. The van der Waals surface area contributed by atoms with Crippen molar-refractivity contribution < 1.29 is 4.79 Å². The molecule has 2 rings (SSSR count). The molecule has 1 heterocycles. The Hall–Kier alpha value is -1.63. The van der Waals surface area contributed by atoms with Gasteiger partial charge in [0.15, 0.2) is 5.96 Å². The van der Waals surface area contributed by atoms with Crippen molar-refractivity contribution in [3.05, 3.63) is 15.6 Å². The molecule has 1 aromatic heterocycles. The molecule has 1 aromatic rings. The van der Waals surface area contributed by atoms with Gasteiger partial charge in [-0.2, -0.15) is 0 Å². The van der Waals surface area contributed by atoms with Gasteiger partial charge in [0.2, 0.25) is 5.91 Å². The third kappa shape index (κ3) is 5.97. The minimum Gasteiger partial charge on any atom is -0.357 e. The van der Waals surface area contributed by atoms with Gasteiger partial charge in [-0.1, -0.05) is 20.8 Å². The van der Waals surface area contributed by atoms with Crippen LogP contribution in [0.15, 0.2) is 4.99 Å². The van der Waals surface area contributed by atoms with Gasteiger partial charge < -0.3 is 15.5 Å². The number of fused-ring (bicyclic) bond motifs is 1. The monoisotopic (exact) mass is 379 g/mol. The molecule has 0 unspecified atom stereocenters. The summed E-state index contributed by atoms with van der Waals surface area (Å²) in [5.74, 6) is 0.908. The molecular weight excluding hydrogens is 346 g/mol. The number of guanidine groups is 1. The Kier molecular flexibility index (Phi) is 7.43. The van der Waals surface area contributed by atoms with Crippen LogP contribution in [0, 0.1) is 5.41 Å². The molecule has 0 aromatic carbocycles. The molecule has 7 heteroatoms. The number of nitrogens with one attached hydrogen (secondary N) is 2. The fourth-order valence-electron chi connectivity index (χ4n) is 2.82. The second-order valence-electron chi connectivity index (χ2n) is 7.78. The summed E-state index contributed by atoms with van der Waals surface area (Å²) in [5, 5.41) is 7.42. The fourth-order valence-corrected chi connectivity index (χ4v) is 4.03. The topological polar surface area (TPSA) is 69.6 Å². The number of carbonyl (C=O) groups excluding carboxylic acids is 1. The van der Waals surface area contributed by atoms with Crippen molar-refractivity contribution in [3.63, 3.8) is 0 Å². The first kappa shape index (κ1) is 20.7. The van der Waals surface area contributed by atoms with Gasteiger partial charge in [-0.25, -0.2) is 4.98 Å². The second kappa shape index (κ2) is 9.35. The van der Waals surface area contributed by atoms with Crippen molar-refractivity contribution in [3.8, 4) is 0 Å². The minimum absolute atomic E-state index is 0.0550. The van der Waals surface area contributed by atoms with Crippen LogP contribution in [0.2, 0.25) is 0 Å². The third-order valence-corrected chi connectivity index (χ3v) is 5.44. The highest BCUT2D eigenvalue weighted by Gasteiger charge is 2.20. The molecule has 0 saturated heterocycles. The number of carbonyl (C=O) groups is 1. The van der Waals surface area contributed by atoms with E-state index in [0.29, 0.717) is 13.1 Å². The molecule has 1 aliphatic rings. The quantitative estimate of drug-likeness (QED) is 0.453. The van der Waals surface area contributed by atoms with Gasteiger partial charge in [-0.3, -0.25) is 9.79 Å². The predicted molar refractivity (Wildman–Crippen MR) is 109 cm³/mol. The first-order valence-electron chi connectivity index (χ1n) is 9.56. The maximum Gasteiger partial charge on any atom is 0.225 e. The Bertz CT molecular complexity index is 609. The summed E-state index contributed by atoms with van der Waals surface area (Å²) in [6.07, 6.45) is 4.85. The molecule has 2 N–H and O–H groups in total. The van der Waals surface area contributed by atoms with E-state index in [1.807, 2.05) is 39.2 Å². The van der Waals surface area contributed by atoms with Gasteiger partial charge in [-0.15, -0.1) is 11.3 Å². The molecule has 0 atom stereocenters. The maximum absolute atomic E-state index is 11.9. The van der Waals surface area contributed by atoms with E-state index in [2.05, 4.69) is 27.4 Å². The summed E-state index contributed by atoms with van der Waals surface area (Å²) in [6.45, 7) is 10.5. The summed E-state index contributed by atoms with van der Waals surface area (Å²) in [7, 11) is 2.04. The Morgan fingerprint density at radius 1 is 1.27 bits per heavy atom. The molecular formula is C19H33N5OS. The van der Waals surface area contributed by atoms with Crippen LogP contribution in [-0.2, 0) is 24.2 Å². The molecule has 146 valence electrons. The van der Waals surface area contributed by atoms with E-state index >= 15 is 0 Å². The van der Waals surface area contributed by atoms with E-state index < -0.39 is 0 Å². The Morgan fingerprint density at radius 2 is 2.00 bits per heavy atom. The smallest absolute Gasteiger partial charge is 0.225 e. The largest absolute Gasteiger partial charge is 0.357 e. The highest BCUT2D eigenvalue weighted by Crippen LogP contribution is 2.27. The zero-order valence-corrected chi connectivity index (χ0v) is 17.6. The molecule has 0 saturated carbocycles. The Labute approximate surface area is 161 Å². The number of amides is 1. The lowest BCUT2D eigenvalue weighted by molar-refractivity contribution is -0.128. The average molecular weight is 380 g/mol. The van der Waals surface area contributed by atoms with Crippen LogP contribution < -0.4 is 10.6 Å². The van der Waals surface area contributed by atoms with Crippen molar-refractivity contribution >= 4 is 23.2 Å². The van der Waals surface area contributed by atoms with Crippen LogP contribution in [-0.4, -0.2) is 48.4 Å². The lowest BCUT2D eigenvalue weighted by Gasteiger charge is -2.21. The zero-order chi connectivity index (χ0) is 19.2. The van der Waals surface area contributed by atoms with E-state index in [1.54, 1.807) is 0 Å². The normalized spacial score (nSPS) is 14.7. The van der Waals surface area contributed by atoms with Crippen molar-refractivity contribution in [1.29, 1.82) is 0 Å². The van der Waals surface area contributed by atoms with Crippen LogP contribution in [0.3, 0.4) is 0 Å². The predicted octanol–water partition coefficient (Wildman–Crippen LogP) is 2.58. The number of rotatable bonds is 6. The van der Waals surface area contributed by atoms with Crippen LogP contribution in [0.25, 0.3) is 0 Å². The van der Waals surface area contributed by atoms with Crippen LogP contribution in [0.1, 0.15) is 56.1 Å². The Morgan fingerprint density at radius 3 is 2.65 bits per heavy atom. The lowest BCUT2D eigenvalue weighted by atomic mass is 9.96. The maximum atomic E-state index is 11.9. The summed E-state index contributed by atoms with van der Waals surface area (Å²) in [4.78, 5) is 24.9. The van der Waals surface area contributed by atoms with Crippen molar-refractivity contribution in [2.75, 3.05) is 26.7 Å². The van der Waals surface area contributed by atoms with Crippen molar-refractivity contribution in [1.82, 2.24) is 20.5 Å². The van der Waals surface area contributed by atoms with Crippen molar-refractivity contribution in [2.45, 2.75) is 59.9 Å². The molecule has 0 aliphatic heterocycles. The highest BCUT2D eigenvalue weighted by atomic mass is 32.1. The molecule has 0 bridgehead atoms. The number of aliphatic imine (C=N–C) groups is 1. The molecule has 1 aliphatic carbocycles. The SMILES string of the molecule is CCNC(=NCCNC(=O)C(C)(C)C)N(C)Cc1nc2c(s1)CCCC2. The van der Waals surface area contributed by atoms with Gasteiger partial charge in [-0.05, 0) is 32.6 Å². The molecule has 0 radical (unpaired) electrons. The second-order valence-corrected chi connectivity index (χ2v) is 8.95. The summed E-state index contributed by atoms with van der Waals surface area (Å²) in [5.41, 5.74) is 0.936. The first-order valence-corrected chi connectivity index (χ1v) is 10.4. The average Bonchev–Trinajstić information content (AvgIpc) is 2.98. The number of aromatic nitrogens is 1. The molecule has 0 spiro atoms. The van der Waals surface area contributed by atoms with Gasteiger partial charge in [0.25, 0.3) is 0 Å². The lowest BCUT2D eigenvalue weighted by Crippen LogP contribution is -2.40. The van der Waals surface area contributed by atoms with Gasteiger partial charge in [0.05, 0.1) is 18.8 Å². The van der Waals surface area contributed by atoms with E-state index in [1.165, 1.54) is 29.8 Å². The van der Waals surface area contributed by atoms with E-state index in [0.717, 1.165) is 30.5 Å². The van der Waals surface area contributed by atoms with Crippen LogP contribution in [0.5, 0.6) is 0 Å². The van der Waals surface area contributed by atoms with E-state index in [9.17, 15) is 4.79 Å². The number of hydrogen-bond acceptors (Lipinski definition) is 4.